The highest BCUT2D eigenvalue weighted by Crippen LogP contribution is 2.35. The molecule has 0 N–H and O–H groups in total. The molecule has 6 nitrogen and oxygen atoms in total. The Morgan fingerprint density at radius 2 is 1.94 bits per heavy atom. The monoisotopic (exact) mass is 256 g/mol. The Morgan fingerprint density at radius 3 is 2.41 bits per heavy atom. The summed E-state index contributed by atoms with van der Waals surface area (Å²) in [5.74, 6) is 0. The zero-order valence-electron chi connectivity index (χ0n) is 9.45. The predicted molar refractivity (Wildman–Crippen MR) is 65.4 cm³/mol. The summed E-state index contributed by atoms with van der Waals surface area (Å²) in [6, 6.07) is 3.73. The highest BCUT2D eigenvalue weighted by Gasteiger charge is 2.20. The molecular weight excluding hydrogens is 244 g/mol. The van der Waals surface area contributed by atoms with Crippen LogP contribution < -0.4 is 0 Å². The van der Waals surface area contributed by atoms with E-state index in [0.717, 1.165) is 12.5 Å². The van der Waals surface area contributed by atoms with Crippen molar-refractivity contribution in [2.75, 3.05) is 0 Å². The summed E-state index contributed by atoms with van der Waals surface area (Å²) in [4.78, 5) is 20.6. The Balaban J connectivity index is 3.13. The molecule has 0 bridgehead atoms. The molecule has 0 radical (unpaired) electrons. The van der Waals surface area contributed by atoms with Gasteiger partial charge in [-0.25, -0.2) is 0 Å². The molecule has 0 saturated carbocycles. The van der Waals surface area contributed by atoms with E-state index in [1.54, 1.807) is 0 Å². The van der Waals surface area contributed by atoms with Crippen LogP contribution in [-0.2, 0) is 0 Å². The summed E-state index contributed by atoms with van der Waals surface area (Å²) in [6.07, 6.45) is 0.874. The van der Waals surface area contributed by atoms with Gasteiger partial charge in [-0.1, -0.05) is 13.8 Å². The second kappa shape index (κ2) is 5.62. The quantitative estimate of drug-likeness (QED) is 0.457. The van der Waals surface area contributed by atoms with E-state index >= 15 is 0 Å². The minimum atomic E-state index is -0.634. The van der Waals surface area contributed by atoms with E-state index in [9.17, 15) is 20.2 Å². The first-order valence-corrected chi connectivity index (χ1v) is 5.93. The second-order valence-electron chi connectivity index (χ2n) is 3.50. The molecule has 0 spiro atoms. The molecule has 0 aliphatic carbocycles. The number of benzene rings is 1. The van der Waals surface area contributed by atoms with Crippen molar-refractivity contribution in [2.24, 2.45) is 0 Å². The van der Waals surface area contributed by atoms with E-state index < -0.39 is 9.85 Å². The van der Waals surface area contributed by atoms with E-state index in [2.05, 4.69) is 0 Å². The van der Waals surface area contributed by atoms with Crippen LogP contribution >= 0.6 is 11.8 Å². The smallest absolute Gasteiger partial charge is 0.258 e. The van der Waals surface area contributed by atoms with Crippen LogP contribution in [0.2, 0.25) is 0 Å². The summed E-state index contributed by atoms with van der Waals surface area (Å²) < 4.78 is 0. The fourth-order valence-corrected chi connectivity index (χ4v) is 2.16. The molecule has 0 amide bonds. The fraction of sp³-hybridized carbons (Fsp3) is 0.400. The lowest BCUT2D eigenvalue weighted by molar-refractivity contribution is -0.396. The average Bonchev–Trinajstić information content (AvgIpc) is 2.28. The van der Waals surface area contributed by atoms with Crippen molar-refractivity contribution < 1.29 is 9.85 Å². The fourth-order valence-electron chi connectivity index (χ4n) is 1.16. The van der Waals surface area contributed by atoms with Gasteiger partial charge in [-0.3, -0.25) is 20.2 Å². The largest absolute Gasteiger partial charge is 0.289 e. The van der Waals surface area contributed by atoms with Crippen molar-refractivity contribution >= 4 is 23.1 Å². The molecule has 0 aromatic heterocycles. The maximum absolute atomic E-state index is 10.8. The highest BCUT2D eigenvalue weighted by molar-refractivity contribution is 8.00. The Bertz CT molecular complexity index is 450. The van der Waals surface area contributed by atoms with E-state index in [0.29, 0.717) is 4.90 Å². The summed E-state index contributed by atoms with van der Waals surface area (Å²) in [6.45, 7) is 3.94. The lowest BCUT2D eigenvalue weighted by Gasteiger charge is -2.07. The maximum atomic E-state index is 10.8. The molecule has 17 heavy (non-hydrogen) atoms. The van der Waals surface area contributed by atoms with Gasteiger partial charge in [-0.05, 0) is 12.5 Å². The SMILES string of the molecule is CCC(C)Sc1ccc([N+](=O)[O-])cc1[N+](=O)[O-]. The molecule has 0 aliphatic rings. The van der Waals surface area contributed by atoms with Crippen LogP contribution in [0, 0.1) is 20.2 Å². The van der Waals surface area contributed by atoms with Crippen molar-refractivity contribution in [1.82, 2.24) is 0 Å². The van der Waals surface area contributed by atoms with Crippen molar-refractivity contribution in [1.29, 1.82) is 0 Å². The van der Waals surface area contributed by atoms with Crippen LogP contribution in [-0.4, -0.2) is 15.1 Å². The predicted octanol–water partition coefficient (Wildman–Crippen LogP) is 3.39. The summed E-state index contributed by atoms with van der Waals surface area (Å²) in [7, 11) is 0. The minimum absolute atomic E-state index is 0.204. The molecule has 92 valence electrons. The standard InChI is InChI=1S/C10H12N2O4S/c1-3-7(2)17-10-5-4-8(11(13)14)6-9(10)12(15)16/h4-7H,3H2,1-2H3. The number of non-ortho nitro benzene ring substituents is 1. The number of nitro groups is 2. The van der Waals surface area contributed by atoms with Gasteiger partial charge in [0.1, 0.15) is 0 Å². The minimum Gasteiger partial charge on any atom is -0.258 e. The summed E-state index contributed by atoms with van der Waals surface area (Å²) in [5, 5.41) is 21.6. The number of nitro benzene ring substituents is 2. The Morgan fingerprint density at radius 1 is 1.29 bits per heavy atom. The van der Waals surface area contributed by atoms with Gasteiger partial charge in [0.05, 0.1) is 20.8 Å². The first-order chi connectivity index (χ1) is 7.95. The van der Waals surface area contributed by atoms with Gasteiger partial charge in [0.15, 0.2) is 0 Å². The third kappa shape index (κ3) is 3.42. The third-order valence-electron chi connectivity index (χ3n) is 2.25. The van der Waals surface area contributed by atoms with Crippen molar-refractivity contribution in [2.45, 2.75) is 30.4 Å². The van der Waals surface area contributed by atoms with Crippen LogP contribution in [0.1, 0.15) is 20.3 Å². The normalized spacial score (nSPS) is 12.1. The molecule has 1 rings (SSSR count). The first-order valence-electron chi connectivity index (χ1n) is 5.05. The van der Waals surface area contributed by atoms with Gasteiger partial charge < -0.3 is 0 Å². The molecule has 1 aromatic rings. The number of hydrogen-bond acceptors (Lipinski definition) is 5. The Hall–Kier alpha value is -1.63. The van der Waals surface area contributed by atoms with Gasteiger partial charge in [0.2, 0.25) is 0 Å². The Kier molecular flexibility index (Phi) is 4.45. The van der Waals surface area contributed by atoms with E-state index in [4.69, 9.17) is 0 Å². The first kappa shape index (κ1) is 13.4. The van der Waals surface area contributed by atoms with Crippen LogP contribution in [0.15, 0.2) is 23.1 Å². The third-order valence-corrected chi connectivity index (χ3v) is 3.59. The van der Waals surface area contributed by atoms with Crippen molar-refractivity contribution in [3.63, 3.8) is 0 Å². The molecule has 1 aromatic carbocycles. The number of thioether (sulfide) groups is 1. The van der Waals surface area contributed by atoms with Crippen molar-refractivity contribution in [3.05, 3.63) is 38.4 Å². The lowest BCUT2D eigenvalue weighted by Crippen LogP contribution is -1.98. The van der Waals surface area contributed by atoms with Gasteiger partial charge in [0.25, 0.3) is 11.4 Å². The Labute approximate surface area is 102 Å². The zero-order valence-corrected chi connectivity index (χ0v) is 10.3. The lowest BCUT2D eigenvalue weighted by atomic mass is 10.3. The molecular formula is C10H12N2O4S. The molecule has 0 heterocycles. The summed E-state index contributed by atoms with van der Waals surface area (Å²) in [5.41, 5.74) is -0.463. The summed E-state index contributed by atoms with van der Waals surface area (Å²) >= 11 is 1.35. The maximum Gasteiger partial charge on any atom is 0.289 e. The highest BCUT2D eigenvalue weighted by atomic mass is 32.2. The van der Waals surface area contributed by atoms with E-state index in [-0.39, 0.29) is 16.6 Å². The average molecular weight is 256 g/mol. The van der Waals surface area contributed by atoms with Crippen LogP contribution in [0.25, 0.3) is 0 Å². The van der Waals surface area contributed by atoms with Crippen LogP contribution in [0.4, 0.5) is 11.4 Å². The van der Waals surface area contributed by atoms with Gasteiger partial charge in [-0.15, -0.1) is 11.8 Å². The molecule has 0 saturated heterocycles. The van der Waals surface area contributed by atoms with Crippen LogP contribution in [0.3, 0.4) is 0 Å². The zero-order chi connectivity index (χ0) is 13.0. The van der Waals surface area contributed by atoms with E-state index in [1.807, 2.05) is 13.8 Å². The molecule has 1 atom stereocenters. The number of nitrogens with zero attached hydrogens (tertiary/aromatic N) is 2. The van der Waals surface area contributed by atoms with E-state index in [1.165, 1.54) is 23.9 Å². The molecule has 0 fully saturated rings. The second-order valence-corrected chi connectivity index (χ2v) is 4.98. The van der Waals surface area contributed by atoms with Crippen molar-refractivity contribution in [3.8, 4) is 0 Å². The molecule has 7 heteroatoms. The van der Waals surface area contributed by atoms with Gasteiger partial charge in [0, 0.05) is 11.3 Å². The van der Waals surface area contributed by atoms with Crippen LogP contribution in [0.5, 0.6) is 0 Å². The van der Waals surface area contributed by atoms with Gasteiger partial charge in [-0.2, -0.15) is 0 Å². The topological polar surface area (TPSA) is 86.3 Å². The number of rotatable bonds is 5. The van der Waals surface area contributed by atoms with Gasteiger partial charge >= 0.3 is 0 Å². The number of hydrogen-bond donors (Lipinski definition) is 0. The molecule has 1 unspecified atom stereocenters. The molecule has 0 aliphatic heterocycles.